The fourth-order valence-electron chi connectivity index (χ4n) is 3.83. The van der Waals surface area contributed by atoms with Crippen LogP contribution in [0.3, 0.4) is 0 Å². The third-order valence-electron chi connectivity index (χ3n) is 5.28. The summed E-state index contributed by atoms with van der Waals surface area (Å²) in [6.07, 6.45) is 2.05. The second-order valence-corrected chi connectivity index (χ2v) is 7.62. The highest BCUT2D eigenvalue weighted by atomic mass is 16.5. The van der Waals surface area contributed by atoms with Crippen molar-refractivity contribution in [2.75, 3.05) is 20.2 Å². The number of pyridine rings is 1. The van der Waals surface area contributed by atoms with E-state index in [0.29, 0.717) is 19.0 Å². The van der Waals surface area contributed by atoms with Crippen molar-refractivity contribution in [2.24, 2.45) is 5.92 Å². The number of carbonyl (C=O) groups is 3. The summed E-state index contributed by atoms with van der Waals surface area (Å²) in [5.74, 6) is -0.0750. The fourth-order valence-corrected chi connectivity index (χ4v) is 3.83. The quantitative estimate of drug-likeness (QED) is 0.557. The Morgan fingerprint density at radius 1 is 1.23 bits per heavy atom. The molecule has 2 N–H and O–H groups in total. The Hall–Kier alpha value is -3.42. The summed E-state index contributed by atoms with van der Waals surface area (Å²) in [4.78, 5) is 49.3. The first-order valence-electron chi connectivity index (χ1n) is 10.0. The number of hydrogen-bond acceptors (Lipinski definition) is 5. The summed E-state index contributed by atoms with van der Waals surface area (Å²) in [5, 5.41) is 6.89. The van der Waals surface area contributed by atoms with Crippen molar-refractivity contribution in [1.29, 1.82) is 0 Å². The number of nitrogens with zero attached hydrogens (tertiary/aromatic N) is 1. The Kier molecular flexibility index (Phi) is 8.54. The average Bonchev–Trinajstić information content (AvgIpc) is 3.17. The highest BCUT2D eigenvalue weighted by Gasteiger charge is 2.29. The molecule has 0 aliphatic carbocycles. The van der Waals surface area contributed by atoms with Gasteiger partial charge in [-0.25, -0.2) is 0 Å². The van der Waals surface area contributed by atoms with Crippen LogP contribution in [0.2, 0.25) is 0 Å². The van der Waals surface area contributed by atoms with Gasteiger partial charge in [-0.15, -0.1) is 0 Å². The van der Waals surface area contributed by atoms with E-state index in [1.165, 1.54) is 12.7 Å². The Morgan fingerprint density at radius 2 is 1.84 bits per heavy atom. The molecule has 1 saturated heterocycles. The van der Waals surface area contributed by atoms with Crippen LogP contribution in [-0.2, 0) is 27.2 Å². The molecule has 3 rings (SSSR count). The topological polar surface area (TPSA) is 117 Å². The van der Waals surface area contributed by atoms with E-state index in [4.69, 9.17) is 9.90 Å². The van der Waals surface area contributed by atoms with E-state index >= 15 is 0 Å². The van der Waals surface area contributed by atoms with Gasteiger partial charge in [0.05, 0.1) is 13.5 Å². The number of benzene rings is 1. The number of ether oxygens (including phenoxy) is 1. The zero-order valence-electron chi connectivity index (χ0n) is 18.0. The number of nitrogens with one attached hydrogen (secondary N) is 1. The maximum Gasteiger partial charge on any atom is 0.309 e. The second-order valence-electron chi connectivity index (χ2n) is 7.62. The molecule has 1 unspecified atom stereocenters. The number of rotatable bonds is 5. The Bertz CT molecular complexity index is 981. The van der Waals surface area contributed by atoms with Gasteiger partial charge in [0.15, 0.2) is 0 Å². The van der Waals surface area contributed by atoms with Crippen LogP contribution in [0.5, 0.6) is 0 Å². The molecule has 0 saturated carbocycles. The van der Waals surface area contributed by atoms with Crippen molar-refractivity contribution < 1.29 is 24.2 Å². The van der Waals surface area contributed by atoms with Gasteiger partial charge in [0.2, 0.25) is 0 Å². The van der Waals surface area contributed by atoms with Crippen molar-refractivity contribution in [3.8, 4) is 0 Å². The van der Waals surface area contributed by atoms with E-state index in [9.17, 15) is 14.4 Å². The maximum absolute atomic E-state index is 12.8. The number of carbonyl (C=O) groups excluding carboxylic acids is 2. The molecular weight excluding hydrogens is 400 g/mol. The molecule has 0 radical (unpaired) electrons. The normalized spacial score (nSPS) is 15.1. The van der Waals surface area contributed by atoms with Crippen LogP contribution in [0.25, 0.3) is 0 Å². The minimum Gasteiger partial charge on any atom is -0.483 e. The molecule has 8 nitrogen and oxygen atoms in total. The molecule has 2 heterocycles. The molecule has 0 spiro atoms. The minimum atomic E-state index is -0.313. The third kappa shape index (κ3) is 6.53. The number of likely N-dealkylation sites (tertiary alicyclic amines) is 1. The highest BCUT2D eigenvalue weighted by Crippen LogP contribution is 2.23. The predicted molar refractivity (Wildman–Crippen MR) is 115 cm³/mol. The summed E-state index contributed by atoms with van der Waals surface area (Å²) in [7, 11) is 1.38. The van der Waals surface area contributed by atoms with Crippen LogP contribution >= 0.6 is 0 Å². The van der Waals surface area contributed by atoms with Gasteiger partial charge in [0, 0.05) is 18.8 Å². The smallest absolute Gasteiger partial charge is 0.309 e. The summed E-state index contributed by atoms with van der Waals surface area (Å²) >= 11 is 0. The van der Waals surface area contributed by atoms with E-state index in [1.54, 1.807) is 11.8 Å². The Balaban J connectivity index is 0.00000107. The van der Waals surface area contributed by atoms with Gasteiger partial charge in [-0.1, -0.05) is 24.3 Å². The van der Waals surface area contributed by atoms with Crippen molar-refractivity contribution in [2.45, 2.75) is 33.1 Å². The van der Waals surface area contributed by atoms with E-state index in [-0.39, 0.29) is 35.9 Å². The number of aromatic nitrogens is 1. The number of carboxylic acid groups (broad SMARTS) is 1. The lowest BCUT2D eigenvalue weighted by Gasteiger charge is -2.17. The summed E-state index contributed by atoms with van der Waals surface area (Å²) in [6, 6.07) is 9.77. The van der Waals surface area contributed by atoms with Crippen LogP contribution in [0.4, 0.5) is 0 Å². The first-order valence-corrected chi connectivity index (χ1v) is 10.0. The largest absolute Gasteiger partial charge is 0.483 e. The molecule has 1 aliphatic heterocycles. The van der Waals surface area contributed by atoms with Gasteiger partial charge < -0.3 is 19.7 Å². The summed E-state index contributed by atoms with van der Waals surface area (Å²) in [6.45, 7) is 4.68. The number of methoxy groups -OCH3 is 1. The van der Waals surface area contributed by atoms with Crippen LogP contribution < -0.4 is 5.56 Å². The molecule has 1 aromatic carbocycles. The number of hydrogen-bond donors (Lipinski definition) is 2. The molecular formula is C23H28N2O6. The van der Waals surface area contributed by atoms with E-state index in [1.807, 2.05) is 37.3 Å². The zero-order chi connectivity index (χ0) is 23.0. The first-order chi connectivity index (χ1) is 14.8. The second kappa shape index (κ2) is 11.1. The van der Waals surface area contributed by atoms with Gasteiger partial charge >= 0.3 is 5.97 Å². The highest BCUT2D eigenvalue weighted by molar-refractivity contribution is 5.95. The van der Waals surface area contributed by atoms with Gasteiger partial charge in [-0.05, 0) is 55.4 Å². The molecule has 1 amide bonds. The van der Waals surface area contributed by atoms with Crippen LogP contribution in [0, 0.1) is 19.8 Å². The molecule has 1 aromatic heterocycles. The fraction of sp³-hybridized carbons (Fsp3) is 0.391. The van der Waals surface area contributed by atoms with E-state index in [2.05, 4.69) is 9.72 Å². The number of esters is 1. The molecule has 2 aromatic rings. The minimum absolute atomic E-state index is 0.185. The molecule has 166 valence electrons. The van der Waals surface area contributed by atoms with Crippen molar-refractivity contribution >= 4 is 18.3 Å². The number of amides is 1. The van der Waals surface area contributed by atoms with Crippen molar-refractivity contribution in [3.05, 3.63) is 68.6 Å². The average molecular weight is 428 g/mol. The number of H-pyrrole nitrogens is 1. The van der Waals surface area contributed by atoms with Gasteiger partial charge in [-0.3, -0.25) is 19.2 Å². The van der Waals surface area contributed by atoms with Crippen molar-refractivity contribution in [1.82, 2.24) is 9.88 Å². The molecule has 1 fully saturated rings. The zero-order valence-corrected chi connectivity index (χ0v) is 18.0. The lowest BCUT2D eigenvalue weighted by atomic mass is 9.97. The SMILES string of the molecule is COC(=O)Cc1ccc(CC2CCN(C(=O)c3c(C)cc(C)[nH]c3=O)C2)cc1.O=CO. The number of aryl methyl sites for hydroxylation is 2. The summed E-state index contributed by atoms with van der Waals surface area (Å²) < 4.78 is 4.69. The van der Waals surface area contributed by atoms with Crippen LogP contribution in [0.1, 0.15) is 39.2 Å². The monoisotopic (exact) mass is 428 g/mol. The molecule has 0 bridgehead atoms. The van der Waals surface area contributed by atoms with E-state index in [0.717, 1.165) is 29.7 Å². The summed E-state index contributed by atoms with van der Waals surface area (Å²) in [5.41, 5.74) is 3.51. The molecule has 8 heteroatoms. The van der Waals surface area contributed by atoms with Gasteiger partial charge in [0.25, 0.3) is 17.9 Å². The third-order valence-corrected chi connectivity index (χ3v) is 5.28. The Labute approximate surface area is 180 Å². The maximum atomic E-state index is 12.8. The van der Waals surface area contributed by atoms with Crippen LogP contribution in [-0.4, -0.2) is 53.5 Å². The number of aromatic amines is 1. The van der Waals surface area contributed by atoms with Gasteiger partial charge in [-0.2, -0.15) is 0 Å². The molecule has 1 aliphatic rings. The van der Waals surface area contributed by atoms with Crippen LogP contribution in [0.15, 0.2) is 35.1 Å². The lowest BCUT2D eigenvalue weighted by molar-refractivity contribution is -0.139. The Morgan fingerprint density at radius 3 is 2.42 bits per heavy atom. The van der Waals surface area contributed by atoms with Crippen molar-refractivity contribution in [3.63, 3.8) is 0 Å². The molecule has 1 atom stereocenters. The molecule has 31 heavy (non-hydrogen) atoms. The lowest BCUT2D eigenvalue weighted by Crippen LogP contribution is -2.34. The predicted octanol–water partition coefficient (Wildman–Crippen LogP) is 2.11. The van der Waals surface area contributed by atoms with E-state index < -0.39 is 0 Å². The van der Waals surface area contributed by atoms with Gasteiger partial charge in [0.1, 0.15) is 5.56 Å². The standard InChI is InChI=1S/C22H26N2O4.CH2O2/c1-14-10-15(2)23-21(26)20(14)22(27)24-9-8-18(13-24)11-16-4-6-17(7-5-16)12-19(25)28-3;2-1-3/h4-7,10,18H,8-9,11-13H2,1-3H3,(H,23,26);1H,(H,2,3). The first kappa shape index (κ1) is 23.9.